The van der Waals surface area contributed by atoms with Gasteiger partial charge in [-0.05, 0) is 12.1 Å². The van der Waals surface area contributed by atoms with Gasteiger partial charge >= 0.3 is 0 Å². The first-order chi connectivity index (χ1) is 9.22. The van der Waals surface area contributed by atoms with Gasteiger partial charge in [-0.2, -0.15) is 0 Å². The maximum absolute atomic E-state index is 11.5. The second kappa shape index (κ2) is 5.03. The molecule has 0 radical (unpaired) electrons. The van der Waals surface area contributed by atoms with E-state index in [0.717, 1.165) is 11.3 Å². The van der Waals surface area contributed by atoms with E-state index < -0.39 is 0 Å². The van der Waals surface area contributed by atoms with Crippen molar-refractivity contribution in [2.75, 3.05) is 0 Å². The van der Waals surface area contributed by atoms with Crippen LogP contribution in [0.2, 0.25) is 0 Å². The summed E-state index contributed by atoms with van der Waals surface area (Å²) in [7, 11) is 0. The molecule has 1 aliphatic rings. The van der Waals surface area contributed by atoms with Crippen molar-refractivity contribution in [2.24, 2.45) is 0 Å². The largest absolute Gasteiger partial charge is 0.457 e. The molecule has 0 saturated carbocycles. The van der Waals surface area contributed by atoms with E-state index >= 15 is 0 Å². The van der Waals surface area contributed by atoms with Crippen LogP contribution in [0.5, 0.6) is 0 Å². The summed E-state index contributed by atoms with van der Waals surface area (Å²) in [5.41, 5.74) is 1.01. The van der Waals surface area contributed by atoms with Gasteiger partial charge in [0.25, 0.3) is 5.91 Å². The van der Waals surface area contributed by atoms with Gasteiger partial charge in [0.2, 0.25) is 0 Å². The van der Waals surface area contributed by atoms with Crippen LogP contribution in [0.25, 0.3) is 17.4 Å². The molecule has 0 atom stereocenters. The Bertz CT molecular complexity index is 674. The maximum atomic E-state index is 11.5. The van der Waals surface area contributed by atoms with Crippen LogP contribution in [0.1, 0.15) is 5.76 Å². The molecule has 3 rings (SSSR count). The lowest BCUT2D eigenvalue weighted by Crippen LogP contribution is -2.17. The summed E-state index contributed by atoms with van der Waals surface area (Å²) in [6.45, 7) is 0. The smallest absolute Gasteiger partial charge is 0.263 e. The van der Waals surface area contributed by atoms with E-state index in [1.807, 2.05) is 42.5 Å². The van der Waals surface area contributed by atoms with E-state index in [2.05, 4.69) is 5.32 Å². The highest BCUT2D eigenvalue weighted by Gasteiger charge is 2.22. The molecule has 1 aliphatic heterocycles. The third-order valence-electron chi connectivity index (χ3n) is 2.60. The molecule has 1 aromatic heterocycles. The lowest BCUT2D eigenvalue weighted by atomic mass is 10.2. The average Bonchev–Trinajstić information content (AvgIpc) is 2.99. The highest BCUT2D eigenvalue weighted by Crippen LogP contribution is 2.28. The standard InChI is InChI=1S/C14H9NO2S2/c16-13-12(19-14(18)15-13)8-10-6-7-11(17-10)9-4-2-1-3-5-9/h1-8H,(H,15,16,18). The van der Waals surface area contributed by atoms with Gasteiger partial charge in [0.05, 0.1) is 4.91 Å². The molecule has 1 fully saturated rings. The fourth-order valence-corrected chi connectivity index (χ4v) is 2.76. The predicted molar refractivity (Wildman–Crippen MR) is 80.5 cm³/mol. The van der Waals surface area contributed by atoms with Gasteiger partial charge in [-0.15, -0.1) is 0 Å². The summed E-state index contributed by atoms with van der Waals surface area (Å²) in [6.07, 6.45) is 1.70. The monoisotopic (exact) mass is 287 g/mol. The van der Waals surface area contributed by atoms with Gasteiger partial charge in [0.1, 0.15) is 15.8 Å². The molecule has 0 spiro atoms. The number of thiocarbonyl (C=S) groups is 1. The summed E-state index contributed by atoms with van der Waals surface area (Å²) in [5, 5.41) is 2.57. The first-order valence-electron chi connectivity index (χ1n) is 5.62. The Morgan fingerprint density at radius 2 is 1.95 bits per heavy atom. The number of rotatable bonds is 2. The quantitative estimate of drug-likeness (QED) is 0.678. The van der Waals surface area contributed by atoms with Gasteiger partial charge in [0.15, 0.2) is 0 Å². The molecule has 0 unspecified atom stereocenters. The summed E-state index contributed by atoms with van der Waals surface area (Å²) < 4.78 is 6.18. The van der Waals surface area contributed by atoms with Gasteiger partial charge in [-0.3, -0.25) is 4.79 Å². The van der Waals surface area contributed by atoms with Crippen molar-refractivity contribution >= 4 is 40.3 Å². The lowest BCUT2D eigenvalue weighted by Gasteiger charge is -1.95. The minimum Gasteiger partial charge on any atom is -0.457 e. The SMILES string of the molecule is O=C1NC(=S)SC1=Cc1ccc(-c2ccccc2)o1. The predicted octanol–water partition coefficient (Wildman–Crippen LogP) is 3.44. The van der Waals surface area contributed by atoms with E-state index in [1.54, 1.807) is 6.08 Å². The van der Waals surface area contributed by atoms with Crippen LogP contribution in [0.4, 0.5) is 0 Å². The van der Waals surface area contributed by atoms with Crippen LogP contribution < -0.4 is 5.32 Å². The average molecular weight is 287 g/mol. The van der Waals surface area contributed by atoms with Gasteiger partial charge < -0.3 is 9.73 Å². The number of benzene rings is 1. The molecule has 5 heteroatoms. The molecule has 3 nitrogen and oxygen atoms in total. The van der Waals surface area contributed by atoms with Crippen LogP contribution >= 0.6 is 24.0 Å². The lowest BCUT2D eigenvalue weighted by molar-refractivity contribution is -0.115. The van der Waals surface area contributed by atoms with Crippen molar-refractivity contribution in [3.63, 3.8) is 0 Å². The Morgan fingerprint density at radius 1 is 1.16 bits per heavy atom. The van der Waals surface area contributed by atoms with Crippen molar-refractivity contribution in [3.8, 4) is 11.3 Å². The van der Waals surface area contributed by atoms with Crippen LogP contribution in [0.3, 0.4) is 0 Å². The minimum absolute atomic E-state index is 0.173. The number of hydrogen-bond donors (Lipinski definition) is 1. The second-order valence-corrected chi connectivity index (χ2v) is 5.64. The zero-order chi connectivity index (χ0) is 13.2. The Balaban J connectivity index is 1.89. The fraction of sp³-hybridized carbons (Fsp3) is 0. The van der Waals surface area contributed by atoms with E-state index in [-0.39, 0.29) is 5.91 Å². The number of amides is 1. The molecule has 2 heterocycles. The third-order valence-corrected chi connectivity index (χ3v) is 3.76. The second-order valence-electron chi connectivity index (χ2n) is 3.92. The van der Waals surface area contributed by atoms with Crippen LogP contribution in [-0.4, -0.2) is 10.2 Å². The van der Waals surface area contributed by atoms with Gasteiger partial charge in [-0.25, -0.2) is 0 Å². The zero-order valence-electron chi connectivity index (χ0n) is 9.75. The van der Waals surface area contributed by atoms with Crippen LogP contribution in [-0.2, 0) is 4.79 Å². The van der Waals surface area contributed by atoms with Crippen LogP contribution in [0, 0.1) is 0 Å². The molecule has 1 amide bonds. The highest BCUT2D eigenvalue weighted by molar-refractivity contribution is 8.26. The maximum Gasteiger partial charge on any atom is 0.263 e. The molecule has 94 valence electrons. The number of thioether (sulfide) groups is 1. The van der Waals surface area contributed by atoms with Gasteiger partial charge in [-0.1, -0.05) is 54.3 Å². The Morgan fingerprint density at radius 3 is 2.63 bits per heavy atom. The Kier molecular flexibility index (Phi) is 3.23. The summed E-state index contributed by atoms with van der Waals surface area (Å²) in [6, 6.07) is 13.5. The van der Waals surface area contributed by atoms with Crippen LogP contribution in [0.15, 0.2) is 51.8 Å². The first kappa shape index (κ1) is 12.2. The Hall–Kier alpha value is -1.85. The minimum atomic E-state index is -0.173. The van der Waals surface area contributed by atoms with Crippen molar-refractivity contribution in [2.45, 2.75) is 0 Å². The third kappa shape index (κ3) is 2.62. The molecular weight excluding hydrogens is 278 g/mol. The molecule has 19 heavy (non-hydrogen) atoms. The van der Waals surface area contributed by atoms with E-state index in [9.17, 15) is 4.79 Å². The molecule has 0 bridgehead atoms. The number of furan rings is 1. The molecule has 2 aromatic rings. The molecule has 1 aromatic carbocycles. The summed E-state index contributed by atoms with van der Waals surface area (Å²) >= 11 is 6.18. The topological polar surface area (TPSA) is 42.2 Å². The number of carbonyl (C=O) groups is 1. The summed E-state index contributed by atoms with van der Waals surface area (Å²) in [4.78, 5) is 12.1. The van der Waals surface area contributed by atoms with Crippen molar-refractivity contribution < 1.29 is 9.21 Å². The molecular formula is C14H9NO2S2. The normalized spacial score (nSPS) is 16.9. The zero-order valence-corrected chi connectivity index (χ0v) is 11.4. The van der Waals surface area contributed by atoms with Gasteiger partial charge in [0, 0.05) is 11.6 Å². The molecule has 0 aliphatic carbocycles. The summed E-state index contributed by atoms with van der Waals surface area (Å²) in [5.74, 6) is 1.24. The molecule has 1 N–H and O–H groups in total. The van der Waals surface area contributed by atoms with E-state index in [1.165, 1.54) is 11.8 Å². The highest BCUT2D eigenvalue weighted by atomic mass is 32.2. The number of hydrogen-bond acceptors (Lipinski definition) is 4. The van der Waals surface area contributed by atoms with Crippen molar-refractivity contribution in [3.05, 3.63) is 53.1 Å². The van der Waals surface area contributed by atoms with E-state index in [4.69, 9.17) is 16.6 Å². The first-order valence-corrected chi connectivity index (χ1v) is 6.85. The molecule has 1 saturated heterocycles. The number of carbonyl (C=O) groups excluding carboxylic acids is 1. The fourth-order valence-electron chi connectivity index (χ4n) is 1.74. The van der Waals surface area contributed by atoms with Crippen molar-refractivity contribution in [1.29, 1.82) is 0 Å². The Labute approximate surface area is 119 Å². The van der Waals surface area contributed by atoms with E-state index in [0.29, 0.717) is 15.0 Å². The van der Waals surface area contributed by atoms with Crippen molar-refractivity contribution in [1.82, 2.24) is 5.32 Å². The number of nitrogens with one attached hydrogen (secondary N) is 1.